The van der Waals surface area contributed by atoms with E-state index in [2.05, 4.69) is 6.58 Å². The Labute approximate surface area is 110 Å². The number of rotatable bonds is 9. The summed E-state index contributed by atoms with van der Waals surface area (Å²) in [6, 6.07) is 7.70. The first kappa shape index (κ1) is 14.5. The molecule has 0 spiro atoms. The molecular weight excluding hydrogens is 224 g/mol. The highest BCUT2D eigenvalue weighted by molar-refractivity contribution is 5.80. The zero-order valence-corrected chi connectivity index (χ0v) is 11.2. The summed E-state index contributed by atoms with van der Waals surface area (Å²) in [5, 5.41) is 0. The van der Waals surface area contributed by atoms with Crippen LogP contribution in [0.4, 0.5) is 0 Å². The molecule has 1 aromatic carbocycles. The third-order valence-electron chi connectivity index (χ3n) is 2.92. The van der Waals surface area contributed by atoms with Gasteiger partial charge < -0.3 is 4.74 Å². The van der Waals surface area contributed by atoms with Gasteiger partial charge in [0.15, 0.2) is 0 Å². The fourth-order valence-corrected chi connectivity index (χ4v) is 1.85. The molecule has 0 unspecified atom stereocenters. The lowest BCUT2D eigenvalue weighted by atomic mass is 10.0. The number of hydrogen-bond donors (Lipinski definition) is 0. The second-order valence-electron chi connectivity index (χ2n) is 4.45. The van der Waals surface area contributed by atoms with Gasteiger partial charge in [-0.05, 0) is 37.0 Å². The molecule has 0 atom stereocenters. The van der Waals surface area contributed by atoms with E-state index in [0.29, 0.717) is 18.6 Å². The number of ether oxygens (including phenoxy) is 1. The third-order valence-corrected chi connectivity index (χ3v) is 2.92. The predicted molar refractivity (Wildman–Crippen MR) is 75.0 cm³/mol. The summed E-state index contributed by atoms with van der Waals surface area (Å²) in [6.45, 7) is 3.69. The van der Waals surface area contributed by atoms with Crippen LogP contribution in [0.25, 0.3) is 0 Å². The van der Waals surface area contributed by atoms with Gasteiger partial charge in [-0.1, -0.05) is 24.6 Å². The molecule has 0 N–H and O–H groups in total. The molecule has 2 heteroatoms. The number of ketones is 1. The van der Waals surface area contributed by atoms with Gasteiger partial charge in [-0.25, -0.2) is 0 Å². The van der Waals surface area contributed by atoms with Crippen LogP contribution in [0.15, 0.2) is 36.9 Å². The van der Waals surface area contributed by atoms with Crippen LogP contribution in [-0.2, 0) is 11.2 Å². The van der Waals surface area contributed by atoms with E-state index in [1.54, 1.807) is 7.11 Å². The van der Waals surface area contributed by atoms with Crippen LogP contribution in [-0.4, -0.2) is 12.9 Å². The second-order valence-corrected chi connectivity index (χ2v) is 4.45. The van der Waals surface area contributed by atoms with E-state index in [1.807, 2.05) is 30.3 Å². The SMILES string of the molecule is C=CCCCCCC(=O)Cc1ccc(OC)cc1. The van der Waals surface area contributed by atoms with Crippen LogP contribution in [0, 0.1) is 0 Å². The Kier molecular flexibility index (Phi) is 6.85. The van der Waals surface area contributed by atoms with Gasteiger partial charge in [0, 0.05) is 12.8 Å². The van der Waals surface area contributed by atoms with Gasteiger partial charge in [0.1, 0.15) is 11.5 Å². The highest BCUT2D eigenvalue weighted by Gasteiger charge is 2.03. The number of methoxy groups -OCH3 is 1. The summed E-state index contributed by atoms with van der Waals surface area (Å²) < 4.78 is 5.08. The van der Waals surface area contributed by atoms with E-state index >= 15 is 0 Å². The highest BCUT2D eigenvalue weighted by atomic mass is 16.5. The summed E-state index contributed by atoms with van der Waals surface area (Å²) in [5.41, 5.74) is 1.06. The first-order chi connectivity index (χ1) is 8.76. The number of Topliss-reactive ketones (excluding diaryl/α,β-unsaturated/α-hetero) is 1. The normalized spacial score (nSPS) is 10.1. The smallest absolute Gasteiger partial charge is 0.137 e. The molecule has 0 radical (unpaired) electrons. The van der Waals surface area contributed by atoms with Crippen LogP contribution in [0.1, 0.15) is 37.7 Å². The van der Waals surface area contributed by atoms with E-state index in [4.69, 9.17) is 4.74 Å². The maximum absolute atomic E-state index is 11.7. The van der Waals surface area contributed by atoms with Crippen molar-refractivity contribution in [1.82, 2.24) is 0 Å². The topological polar surface area (TPSA) is 26.3 Å². The van der Waals surface area contributed by atoms with E-state index in [9.17, 15) is 4.79 Å². The van der Waals surface area contributed by atoms with Crippen LogP contribution in [0.2, 0.25) is 0 Å². The van der Waals surface area contributed by atoms with Gasteiger partial charge in [0.05, 0.1) is 7.11 Å². The van der Waals surface area contributed by atoms with Crippen molar-refractivity contribution in [2.75, 3.05) is 7.11 Å². The standard InChI is InChI=1S/C16H22O2/c1-3-4-5-6-7-8-15(17)13-14-9-11-16(18-2)12-10-14/h3,9-12H,1,4-8,13H2,2H3. The van der Waals surface area contributed by atoms with Gasteiger partial charge in [0.25, 0.3) is 0 Å². The molecule has 0 bridgehead atoms. The van der Waals surface area contributed by atoms with Crippen molar-refractivity contribution in [3.05, 3.63) is 42.5 Å². The molecule has 0 aliphatic heterocycles. The number of benzene rings is 1. The number of carbonyl (C=O) groups excluding carboxylic acids is 1. The molecule has 0 aliphatic rings. The molecule has 18 heavy (non-hydrogen) atoms. The number of hydrogen-bond acceptors (Lipinski definition) is 2. The van der Waals surface area contributed by atoms with Crippen molar-refractivity contribution in [3.63, 3.8) is 0 Å². The summed E-state index contributed by atoms with van der Waals surface area (Å²) >= 11 is 0. The minimum Gasteiger partial charge on any atom is -0.497 e. The van der Waals surface area contributed by atoms with Crippen molar-refractivity contribution in [1.29, 1.82) is 0 Å². The average Bonchev–Trinajstić information content (AvgIpc) is 2.39. The first-order valence-corrected chi connectivity index (χ1v) is 6.52. The van der Waals surface area contributed by atoms with Crippen molar-refractivity contribution in [2.45, 2.75) is 38.5 Å². The number of allylic oxidation sites excluding steroid dienone is 1. The first-order valence-electron chi connectivity index (χ1n) is 6.52. The summed E-state index contributed by atoms with van der Waals surface area (Å²) in [6.07, 6.45) is 7.43. The van der Waals surface area contributed by atoms with Crippen molar-refractivity contribution >= 4 is 5.78 Å². The summed E-state index contributed by atoms with van der Waals surface area (Å²) in [7, 11) is 1.64. The Hall–Kier alpha value is -1.57. The van der Waals surface area contributed by atoms with Crippen LogP contribution in [0.5, 0.6) is 5.75 Å². The number of unbranched alkanes of at least 4 members (excludes halogenated alkanes) is 3. The van der Waals surface area contributed by atoms with E-state index in [0.717, 1.165) is 37.0 Å². The molecule has 1 rings (SSSR count). The second kappa shape index (κ2) is 8.51. The Morgan fingerprint density at radius 3 is 2.56 bits per heavy atom. The van der Waals surface area contributed by atoms with E-state index in [1.165, 1.54) is 0 Å². The van der Waals surface area contributed by atoms with E-state index in [-0.39, 0.29) is 0 Å². The van der Waals surface area contributed by atoms with Crippen LogP contribution >= 0.6 is 0 Å². The largest absolute Gasteiger partial charge is 0.497 e. The summed E-state index contributed by atoms with van der Waals surface area (Å²) in [4.78, 5) is 11.7. The molecule has 98 valence electrons. The van der Waals surface area contributed by atoms with Gasteiger partial charge in [-0.2, -0.15) is 0 Å². The quantitative estimate of drug-likeness (QED) is 0.487. The average molecular weight is 246 g/mol. The Bertz CT molecular complexity index is 365. The summed E-state index contributed by atoms with van der Waals surface area (Å²) in [5.74, 6) is 1.15. The lowest BCUT2D eigenvalue weighted by molar-refractivity contribution is -0.118. The van der Waals surface area contributed by atoms with Crippen LogP contribution < -0.4 is 4.74 Å². The Morgan fingerprint density at radius 2 is 1.94 bits per heavy atom. The lowest BCUT2D eigenvalue weighted by Gasteiger charge is -2.03. The predicted octanol–water partition coefficient (Wildman–Crippen LogP) is 3.94. The van der Waals surface area contributed by atoms with Crippen molar-refractivity contribution in [3.8, 4) is 5.75 Å². The lowest BCUT2D eigenvalue weighted by Crippen LogP contribution is -2.02. The molecule has 0 saturated carbocycles. The maximum atomic E-state index is 11.7. The fraction of sp³-hybridized carbons (Fsp3) is 0.438. The monoisotopic (exact) mass is 246 g/mol. The fourth-order valence-electron chi connectivity index (χ4n) is 1.85. The third kappa shape index (κ3) is 5.67. The van der Waals surface area contributed by atoms with Gasteiger partial charge in [-0.3, -0.25) is 4.79 Å². The molecule has 0 heterocycles. The van der Waals surface area contributed by atoms with Gasteiger partial charge in [0.2, 0.25) is 0 Å². The van der Waals surface area contributed by atoms with Crippen LogP contribution in [0.3, 0.4) is 0 Å². The van der Waals surface area contributed by atoms with Gasteiger partial charge >= 0.3 is 0 Å². The minimum atomic E-state index is 0.318. The molecule has 0 saturated heterocycles. The zero-order valence-electron chi connectivity index (χ0n) is 11.2. The van der Waals surface area contributed by atoms with Gasteiger partial charge in [-0.15, -0.1) is 6.58 Å². The molecule has 1 aromatic rings. The maximum Gasteiger partial charge on any atom is 0.137 e. The molecule has 0 aliphatic carbocycles. The van der Waals surface area contributed by atoms with Crippen molar-refractivity contribution < 1.29 is 9.53 Å². The molecule has 0 fully saturated rings. The van der Waals surface area contributed by atoms with E-state index < -0.39 is 0 Å². The highest BCUT2D eigenvalue weighted by Crippen LogP contribution is 2.13. The Morgan fingerprint density at radius 1 is 1.22 bits per heavy atom. The molecule has 0 amide bonds. The van der Waals surface area contributed by atoms with Crippen molar-refractivity contribution in [2.24, 2.45) is 0 Å². The zero-order chi connectivity index (χ0) is 13.2. The minimum absolute atomic E-state index is 0.318. The molecule has 0 aromatic heterocycles. The Balaban J connectivity index is 2.24. The molecular formula is C16H22O2. The number of carbonyl (C=O) groups is 1. The molecule has 2 nitrogen and oxygen atoms in total.